The number of nitrogens with two attached hydrogens (primary N) is 1. The molecule has 1 atom stereocenters. The van der Waals surface area contributed by atoms with Gasteiger partial charge in [0, 0.05) is 27.8 Å². The van der Waals surface area contributed by atoms with Crippen molar-refractivity contribution in [2.24, 2.45) is 5.73 Å². The van der Waals surface area contributed by atoms with Gasteiger partial charge < -0.3 is 5.73 Å². The Kier molecular flexibility index (Phi) is 2.76. The third-order valence-electron chi connectivity index (χ3n) is 2.59. The van der Waals surface area contributed by atoms with E-state index >= 15 is 0 Å². The van der Waals surface area contributed by atoms with Crippen molar-refractivity contribution < 1.29 is 0 Å². The topological polar surface area (TPSA) is 38.9 Å². The number of nitrogens with zero attached hydrogens (tertiary/aromatic N) is 1. The van der Waals surface area contributed by atoms with E-state index in [0.29, 0.717) is 0 Å². The van der Waals surface area contributed by atoms with E-state index in [4.69, 9.17) is 5.73 Å². The van der Waals surface area contributed by atoms with Gasteiger partial charge in [-0.1, -0.05) is 22.0 Å². The molecule has 78 valence electrons. The van der Waals surface area contributed by atoms with E-state index in [1.165, 1.54) is 10.8 Å². The summed E-state index contributed by atoms with van der Waals surface area (Å²) in [6, 6.07) is 6.15. The second-order valence-corrected chi connectivity index (χ2v) is 4.60. The third-order valence-corrected chi connectivity index (χ3v) is 3.28. The predicted octanol–water partition coefficient (Wildman–Crippen LogP) is 3.33. The van der Waals surface area contributed by atoms with Crippen molar-refractivity contribution in [3.05, 3.63) is 40.1 Å². The quantitative estimate of drug-likeness (QED) is 0.859. The van der Waals surface area contributed by atoms with Gasteiger partial charge in [-0.15, -0.1) is 0 Å². The molecule has 0 bridgehead atoms. The van der Waals surface area contributed by atoms with Crippen LogP contribution >= 0.6 is 15.9 Å². The van der Waals surface area contributed by atoms with Crippen LogP contribution in [-0.4, -0.2) is 4.98 Å². The van der Waals surface area contributed by atoms with Crippen LogP contribution in [0.5, 0.6) is 0 Å². The van der Waals surface area contributed by atoms with Crippen molar-refractivity contribution in [2.45, 2.75) is 19.9 Å². The molecule has 2 nitrogen and oxygen atoms in total. The Morgan fingerprint density at radius 3 is 2.67 bits per heavy atom. The van der Waals surface area contributed by atoms with E-state index in [9.17, 15) is 0 Å². The molecule has 0 aliphatic heterocycles. The maximum absolute atomic E-state index is 5.98. The van der Waals surface area contributed by atoms with Gasteiger partial charge in [-0.3, -0.25) is 4.98 Å². The zero-order chi connectivity index (χ0) is 11.0. The number of fused-ring (bicyclic) bond motifs is 1. The molecule has 0 amide bonds. The number of rotatable bonds is 1. The summed E-state index contributed by atoms with van der Waals surface area (Å²) in [5.74, 6) is 0. The molecule has 1 unspecified atom stereocenters. The van der Waals surface area contributed by atoms with E-state index in [-0.39, 0.29) is 6.04 Å². The molecular formula is C12H13BrN2. The average Bonchev–Trinajstić information content (AvgIpc) is 2.17. The lowest BCUT2D eigenvalue weighted by Crippen LogP contribution is -2.06. The zero-order valence-corrected chi connectivity index (χ0v) is 10.4. The Morgan fingerprint density at radius 1 is 1.27 bits per heavy atom. The minimum atomic E-state index is 0.0184. The van der Waals surface area contributed by atoms with E-state index in [1.54, 1.807) is 0 Å². The number of halogens is 1. The fraction of sp³-hybridized carbons (Fsp3) is 0.250. The van der Waals surface area contributed by atoms with Crippen molar-refractivity contribution in [2.75, 3.05) is 0 Å². The molecule has 1 heterocycles. The highest BCUT2D eigenvalue weighted by Gasteiger charge is 2.10. The molecule has 0 aliphatic rings. The first-order valence-corrected chi connectivity index (χ1v) is 5.70. The summed E-state index contributed by atoms with van der Waals surface area (Å²) in [7, 11) is 0. The number of hydrogen-bond acceptors (Lipinski definition) is 2. The highest BCUT2D eigenvalue weighted by Crippen LogP contribution is 2.31. The molecule has 2 aromatic rings. The summed E-state index contributed by atoms with van der Waals surface area (Å²) < 4.78 is 1.07. The average molecular weight is 265 g/mol. The summed E-state index contributed by atoms with van der Waals surface area (Å²) in [6.07, 6.45) is 1.83. The molecule has 1 aromatic heterocycles. The summed E-state index contributed by atoms with van der Waals surface area (Å²) in [4.78, 5) is 4.28. The summed E-state index contributed by atoms with van der Waals surface area (Å²) >= 11 is 3.54. The molecule has 0 saturated heterocycles. The van der Waals surface area contributed by atoms with Crippen molar-refractivity contribution in [1.82, 2.24) is 4.98 Å². The first-order chi connectivity index (χ1) is 7.11. The van der Waals surface area contributed by atoms with Crippen molar-refractivity contribution in [3.63, 3.8) is 0 Å². The molecule has 0 radical (unpaired) electrons. The molecule has 2 N–H and O–H groups in total. The number of aromatic nitrogens is 1. The summed E-state index contributed by atoms with van der Waals surface area (Å²) in [5, 5.41) is 2.36. The van der Waals surface area contributed by atoms with Gasteiger partial charge in [0.25, 0.3) is 0 Å². The van der Waals surface area contributed by atoms with Gasteiger partial charge in [-0.25, -0.2) is 0 Å². The SMILES string of the molecule is Cc1nccc2c(C(C)N)c(Br)ccc12. The minimum Gasteiger partial charge on any atom is -0.324 e. The number of benzene rings is 1. The van der Waals surface area contributed by atoms with E-state index in [2.05, 4.69) is 27.0 Å². The van der Waals surface area contributed by atoms with Crippen LogP contribution in [0.4, 0.5) is 0 Å². The van der Waals surface area contributed by atoms with Crippen LogP contribution in [0.3, 0.4) is 0 Å². The summed E-state index contributed by atoms with van der Waals surface area (Å²) in [6.45, 7) is 4.01. The minimum absolute atomic E-state index is 0.0184. The Labute approximate surface area is 97.6 Å². The molecule has 15 heavy (non-hydrogen) atoms. The van der Waals surface area contributed by atoms with Crippen molar-refractivity contribution in [1.29, 1.82) is 0 Å². The first-order valence-electron chi connectivity index (χ1n) is 4.90. The standard InChI is InChI=1S/C12H13BrN2/c1-7(14)12-10-5-6-15-8(2)9(10)3-4-11(12)13/h3-7H,14H2,1-2H3. The molecule has 1 aromatic carbocycles. The van der Waals surface area contributed by atoms with Crippen LogP contribution in [0, 0.1) is 6.92 Å². The highest BCUT2D eigenvalue weighted by atomic mass is 79.9. The van der Waals surface area contributed by atoms with Crippen LogP contribution in [-0.2, 0) is 0 Å². The van der Waals surface area contributed by atoms with E-state index < -0.39 is 0 Å². The lowest BCUT2D eigenvalue weighted by molar-refractivity contribution is 0.821. The number of pyridine rings is 1. The third kappa shape index (κ3) is 1.77. The monoisotopic (exact) mass is 264 g/mol. The molecule has 0 spiro atoms. The van der Waals surface area contributed by atoms with Gasteiger partial charge >= 0.3 is 0 Å². The Hall–Kier alpha value is -0.930. The van der Waals surface area contributed by atoms with Crippen molar-refractivity contribution in [3.8, 4) is 0 Å². The summed E-state index contributed by atoms with van der Waals surface area (Å²) in [5.41, 5.74) is 8.17. The smallest absolute Gasteiger partial charge is 0.0451 e. The Morgan fingerprint density at radius 2 is 2.00 bits per heavy atom. The highest BCUT2D eigenvalue weighted by molar-refractivity contribution is 9.10. The maximum Gasteiger partial charge on any atom is 0.0451 e. The van der Waals surface area contributed by atoms with Gasteiger partial charge in [-0.2, -0.15) is 0 Å². The molecular weight excluding hydrogens is 252 g/mol. The molecule has 3 heteroatoms. The van der Waals surface area contributed by atoms with Gasteiger partial charge in [0.1, 0.15) is 0 Å². The van der Waals surface area contributed by atoms with Gasteiger partial charge in [-0.05, 0) is 36.9 Å². The van der Waals surface area contributed by atoms with Crippen LogP contribution in [0.2, 0.25) is 0 Å². The first kappa shape index (κ1) is 10.6. The van der Waals surface area contributed by atoms with E-state index in [0.717, 1.165) is 15.7 Å². The number of aryl methyl sites for hydroxylation is 1. The second kappa shape index (κ2) is 3.91. The van der Waals surface area contributed by atoms with Crippen LogP contribution in [0.1, 0.15) is 24.2 Å². The maximum atomic E-state index is 5.98. The van der Waals surface area contributed by atoms with Crippen LogP contribution < -0.4 is 5.73 Å². The van der Waals surface area contributed by atoms with Crippen LogP contribution in [0.15, 0.2) is 28.9 Å². The van der Waals surface area contributed by atoms with Gasteiger partial charge in [0.15, 0.2) is 0 Å². The van der Waals surface area contributed by atoms with Crippen molar-refractivity contribution >= 4 is 26.7 Å². The lowest BCUT2D eigenvalue weighted by Gasteiger charge is -2.13. The van der Waals surface area contributed by atoms with Crippen LogP contribution in [0.25, 0.3) is 10.8 Å². The van der Waals surface area contributed by atoms with E-state index in [1.807, 2.05) is 32.2 Å². The second-order valence-electron chi connectivity index (χ2n) is 3.74. The fourth-order valence-corrected chi connectivity index (χ4v) is 2.57. The lowest BCUT2D eigenvalue weighted by atomic mass is 10.0. The fourth-order valence-electron chi connectivity index (χ4n) is 1.86. The predicted molar refractivity (Wildman–Crippen MR) is 66.8 cm³/mol. The largest absolute Gasteiger partial charge is 0.324 e. The Balaban J connectivity index is 2.88. The Bertz CT molecular complexity index is 506. The van der Waals surface area contributed by atoms with Gasteiger partial charge in [0.05, 0.1) is 0 Å². The molecule has 0 fully saturated rings. The molecule has 0 aliphatic carbocycles. The molecule has 2 rings (SSSR count). The normalized spacial score (nSPS) is 13.1. The number of hydrogen-bond donors (Lipinski definition) is 1. The van der Waals surface area contributed by atoms with Gasteiger partial charge in [0.2, 0.25) is 0 Å². The zero-order valence-electron chi connectivity index (χ0n) is 8.79. The molecule has 0 saturated carbocycles.